The van der Waals surface area contributed by atoms with Gasteiger partial charge in [0.05, 0.1) is 17.9 Å². The van der Waals surface area contributed by atoms with Gasteiger partial charge < -0.3 is 10.1 Å². The lowest BCUT2D eigenvalue weighted by molar-refractivity contribution is 0.101. The van der Waals surface area contributed by atoms with E-state index in [4.69, 9.17) is 4.74 Å². The number of benzene rings is 1. The largest absolute Gasteiger partial charge is 0.378 e. The number of fused-ring (bicyclic) bond motifs is 1. The molecule has 1 aliphatic rings. The molecule has 2 heterocycles. The molecule has 142 valence electrons. The second-order valence-electron chi connectivity index (χ2n) is 6.55. The highest BCUT2D eigenvalue weighted by Gasteiger charge is 2.25. The van der Waals surface area contributed by atoms with Gasteiger partial charge in [0.1, 0.15) is 16.8 Å². The summed E-state index contributed by atoms with van der Waals surface area (Å²) in [5.74, 6) is -0.385. The Balaban J connectivity index is 1.67. The number of methoxy groups -OCH3 is 1. The summed E-state index contributed by atoms with van der Waals surface area (Å²) in [4.78, 5) is 14.1. The molecule has 28 heavy (non-hydrogen) atoms. The first-order valence-electron chi connectivity index (χ1n) is 9.08. The van der Waals surface area contributed by atoms with Crippen LogP contribution in [0.1, 0.15) is 45.0 Å². The van der Waals surface area contributed by atoms with Crippen LogP contribution in [0.5, 0.6) is 0 Å². The van der Waals surface area contributed by atoms with Crippen molar-refractivity contribution in [2.24, 2.45) is 0 Å². The number of thiophene rings is 1. The fourth-order valence-electron chi connectivity index (χ4n) is 3.46. The first kappa shape index (κ1) is 18.3. The number of hydrogen-bond acceptors (Lipinski definition) is 6. The summed E-state index contributed by atoms with van der Waals surface area (Å²) in [5.41, 5.74) is 3.22. The zero-order chi connectivity index (χ0) is 19.5. The van der Waals surface area contributed by atoms with Crippen molar-refractivity contribution in [2.45, 2.75) is 32.3 Å². The Kier molecular flexibility index (Phi) is 5.19. The van der Waals surface area contributed by atoms with E-state index in [2.05, 4.69) is 21.7 Å². The van der Waals surface area contributed by atoms with Crippen LogP contribution in [-0.4, -0.2) is 28.0 Å². The topological polar surface area (TPSA) is 92.8 Å². The van der Waals surface area contributed by atoms with Crippen molar-refractivity contribution in [1.29, 1.82) is 5.26 Å². The van der Waals surface area contributed by atoms with E-state index in [0.29, 0.717) is 16.3 Å². The van der Waals surface area contributed by atoms with E-state index in [9.17, 15) is 10.1 Å². The average molecular weight is 393 g/mol. The van der Waals surface area contributed by atoms with Gasteiger partial charge in [-0.25, -0.2) is 4.68 Å². The molecule has 1 amide bonds. The number of carbonyl (C=O) groups is 1. The van der Waals surface area contributed by atoms with Gasteiger partial charge in [0.15, 0.2) is 5.69 Å². The highest BCUT2D eigenvalue weighted by Crippen LogP contribution is 2.37. The number of carbonyl (C=O) groups excluding carboxylic acids is 1. The predicted molar refractivity (Wildman–Crippen MR) is 106 cm³/mol. The Morgan fingerprint density at radius 3 is 2.86 bits per heavy atom. The second kappa shape index (κ2) is 7.92. The van der Waals surface area contributed by atoms with Gasteiger partial charge in [-0.2, -0.15) is 5.26 Å². The molecule has 0 unspecified atom stereocenters. The number of hydrogen-bond donors (Lipinski definition) is 1. The highest BCUT2D eigenvalue weighted by atomic mass is 32.1. The van der Waals surface area contributed by atoms with Crippen molar-refractivity contribution < 1.29 is 9.53 Å². The summed E-state index contributed by atoms with van der Waals surface area (Å²) in [6, 6.07) is 11.7. The average Bonchev–Trinajstić information content (AvgIpc) is 3.29. The summed E-state index contributed by atoms with van der Waals surface area (Å²) in [6.45, 7) is 0.191. The van der Waals surface area contributed by atoms with Crippen LogP contribution in [0.15, 0.2) is 30.3 Å². The third-order valence-electron chi connectivity index (χ3n) is 4.77. The molecule has 0 spiro atoms. The standard InChI is InChI=1S/C20H19N5O2S/c1-27-12-16-18(23-24-25(16)13-7-3-2-4-8-13)19(26)22-20-15(11-21)14-9-5-6-10-17(14)28-20/h2-4,7-8H,5-6,9-10,12H2,1H3,(H,22,26). The summed E-state index contributed by atoms with van der Waals surface area (Å²) >= 11 is 1.49. The van der Waals surface area contributed by atoms with E-state index in [0.717, 1.165) is 36.9 Å². The van der Waals surface area contributed by atoms with Gasteiger partial charge in [0.2, 0.25) is 0 Å². The van der Waals surface area contributed by atoms with Crippen LogP contribution in [0.3, 0.4) is 0 Å². The number of nitriles is 1. The third-order valence-corrected chi connectivity index (χ3v) is 5.98. The molecule has 0 radical (unpaired) electrons. The number of rotatable bonds is 5. The van der Waals surface area contributed by atoms with Crippen LogP contribution in [0, 0.1) is 11.3 Å². The second-order valence-corrected chi connectivity index (χ2v) is 7.65. The molecule has 2 aromatic heterocycles. The van der Waals surface area contributed by atoms with Crippen LogP contribution in [-0.2, 0) is 24.2 Å². The predicted octanol–water partition coefficient (Wildman–Crippen LogP) is 3.48. The van der Waals surface area contributed by atoms with Gasteiger partial charge in [-0.05, 0) is 43.4 Å². The molecule has 4 rings (SSSR count). The maximum atomic E-state index is 13.0. The fraction of sp³-hybridized carbons (Fsp3) is 0.300. The molecule has 1 aromatic carbocycles. The van der Waals surface area contributed by atoms with Crippen LogP contribution < -0.4 is 5.32 Å². The molecule has 8 heteroatoms. The van der Waals surface area contributed by atoms with Crippen molar-refractivity contribution in [1.82, 2.24) is 15.0 Å². The molecule has 1 aliphatic carbocycles. The number of aromatic nitrogens is 3. The Bertz CT molecular complexity index is 1050. The maximum Gasteiger partial charge on any atom is 0.278 e. The number of anilines is 1. The molecule has 0 fully saturated rings. The molecular formula is C20H19N5O2S. The van der Waals surface area contributed by atoms with Gasteiger partial charge in [-0.3, -0.25) is 4.79 Å². The monoisotopic (exact) mass is 393 g/mol. The van der Waals surface area contributed by atoms with Crippen molar-refractivity contribution in [2.75, 3.05) is 12.4 Å². The molecule has 7 nitrogen and oxygen atoms in total. The molecule has 1 N–H and O–H groups in total. The van der Waals surface area contributed by atoms with Gasteiger partial charge in [0.25, 0.3) is 5.91 Å². The lowest BCUT2D eigenvalue weighted by atomic mass is 9.96. The minimum atomic E-state index is -0.385. The molecule has 3 aromatic rings. The maximum absolute atomic E-state index is 13.0. The van der Waals surface area contributed by atoms with Gasteiger partial charge in [0, 0.05) is 12.0 Å². The number of nitrogens with one attached hydrogen (secondary N) is 1. The zero-order valence-electron chi connectivity index (χ0n) is 15.4. The molecule has 0 saturated carbocycles. The zero-order valence-corrected chi connectivity index (χ0v) is 16.3. The minimum Gasteiger partial charge on any atom is -0.378 e. The third kappa shape index (κ3) is 3.30. The number of nitrogens with zero attached hydrogens (tertiary/aromatic N) is 4. The normalized spacial score (nSPS) is 13.0. The van der Waals surface area contributed by atoms with Gasteiger partial charge >= 0.3 is 0 Å². The number of aryl methyl sites for hydroxylation is 1. The molecule has 0 saturated heterocycles. The summed E-state index contributed by atoms with van der Waals surface area (Å²) in [7, 11) is 1.56. The lowest BCUT2D eigenvalue weighted by Crippen LogP contribution is -2.16. The van der Waals surface area contributed by atoms with Crippen molar-refractivity contribution in [3.63, 3.8) is 0 Å². The number of para-hydroxylation sites is 1. The summed E-state index contributed by atoms with van der Waals surface area (Å²) < 4.78 is 6.87. The Morgan fingerprint density at radius 1 is 1.32 bits per heavy atom. The Morgan fingerprint density at radius 2 is 2.11 bits per heavy atom. The van der Waals surface area contributed by atoms with E-state index >= 15 is 0 Å². The van der Waals surface area contributed by atoms with Crippen molar-refractivity contribution in [3.8, 4) is 11.8 Å². The molecule has 0 bridgehead atoms. The van der Waals surface area contributed by atoms with Crippen LogP contribution in [0.4, 0.5) is 5.00 Å². The minimum absolute atomic E-state index is 0.191. The van der Waals surface area contributed by atoms with Gasteiger partial charge in [-0.1, -0.05) is 23.4 Å². The van der Waals surface area contributed by atoms with Crippen LogP contribution in [0.2, 0.25) is 0 Å². The smallest absolute Gasteiger partial charge is 0.278 e. The first-order chi connectivity index (χ1) is 13.7. The van der Waals surface area contributed by atoms with E-state index < -0.39 is 0 Å². The number of amides is 1. The molecule has 0 aliphatic heterocycles. The van der Waals surface area contributed by atoms with E-state index in [-0.39, 0.29) is 18.2 Å². The Labute approximate surface area is 166 Å². The van der Waals surface area contributed by atoms with Crippen LogP contribution >= 0.6 is 11.3 Å². The SMILES string of the molecule is COCc1c(C(=O)Nc2sc3c(c2C#N)CCCC3)nnn1-c1ccccc1. The van der Waals surface area contributed by atoms with Crippen molar-refractivity contribution in [3.05, 3.63) is 57.7 Å². The fourth-order valence-corrected chi connectivity index (χ4v) is 4.69. The van der Waals surface area contributed by atoms with E-state index in [1.807, 2.05) is 30.3 Å². The quantitative estimate of drug-likeness (QED) is 0.716. The highest BCUT2D eigenvalue weighted by molar-refractivity contribution is 7.16. The van der Waals surface area contributed by atoms with E-state index in [1.165, 1.54) is 16.2 Å². The summed E-state index contributed by atoms with van der Waals surface area (Å²) in [6.07, 6.45) is 4.05. The lowest BCUT2D eigenvalue weighted by Gasteiger charge is -2.09. The molecular weight excluding hydrogens is 374 g/mol. The Hall–Kier alpha value is -3.02. The summed E-state index contributed by atoms with van der Waals surface area (Å²) in [5, 5.41) is 21.3. The van der Waals surface area contributed by atoms with Crippen LogP contribution in [0.25, 0.3) is 5.69 Å². The number of ether oxygens (including phenoxy) is 1. The van der Waals surface area contributed by atoms with Crippen molar-refractivity contribution >= 4 is 22.2 Å². The first-order valence-corrected chi connectivity index (χ1v) is 9.89. The van der Waals surface area contributed by atoms with Gasteiger partial charge in [-0.15, -0.1) is 16.4 Å². The molecule has 0 atom stereocenters. The van der Waals surface area contributed by atoms with E-state index in [1.54, 1.807) is 11.8 Å².